The lowest BCUT2D eigenvalue weighted by molar-refractivity contribution is 0.472. The van der Waals surface area contributed by atoms with Gasteiger partial charge in [0.25, 0.3) is 0 Å². The maximum absolute atomic E-state index is 11.9. The van der Waals surface area contributed by atoms with E-state index in [9.17, 15) is 8.78 Å². The topological polar surface area (TPSA) is 37.8 Å². The third-order valence-electron chi connectivity index (χ3n) is 5.52. The van der Waals surface area contributed by atoms with E-state index in [1.165, 1.54) is 24.3 Å². The number of benzene rings is 1. The maximum Gasteiger partial charge on any atom is 0.0897 e. The Balaban J connectivity index is 0.000000287. The number of nitrogens with zero attached hydrogens (tertiary/aromatic N) is 2. The summed E-state index contributed by atoms with van der Waals surface area (Å²) in [5.74, 6) is 1.38. The minimum Gasteiger partial charge on any atom is -0.312 e. The molecule has 1 aliphatic rings. The zero-order valence-electron chi connectivity index (χ0n) is 21.4. The number of allylic oxidation sites excluding steroid dienone is 1. The van der Waals surface area contributed by atoms with Crippen molar-refractivity contribution in [2.45, 2.75) is 58.9 Å². The summed E-state index contributed by atoms with van der Waals surface area (Å²) in [6.45, 7) is 10.9. The second-order valence-electron chi connectivity index (χ2n) is 7.86. The van der Waals surface area contributed by atoms with E-state index in [-0.39, 0.29) is 19.4 Å². The second-order valence-corrected chi connectivity index (χ2v) is 7.86. The first-order valence-electron chi connectivity index (χ1n) is 12.3. The first-order chi connectivity index (χ1) is 16.6. The number of rotatable bonds is 7. The molecule has 1 aliphatic carbocycles. The van der Waals surface area contributed by atoms with Gasteiger partial charge in [0.2, 0.25) is 0 Å². The molecule has 0 spiro atoms. The van der Waals surface area contributed by atoms with Crippen LogP contribution in [-0.4, -0.2) is 30.4 Å². The van der Waals surface area contributed by atoms with E-state index in [0.717, 1.165) is 23.2 Å². The van der Waals surface area contributed by atoms with Gasteiger partial charge in [-0.2, -0.15) is 0 Å². The summed E-state index contributed by atoms with van der Waals surface area (Å²) >= 11 is 0. The largest absolute Gasteiger partial charge is 0.312 e. The lowest BCUT2D eigenvalue weighted by Gasteiger charge is -2.09. The third kappa shape index (κ3) is 9.68. The van der Waals surface area contributed by atoms with E-state index in [4.69, 9.17) is 0 Å². The van der Waals surface area contributed by atoms with Crippen LogP contribution in [0.1, 0.15) is 69.3 Å². The van der Waals surface area contributed by atoms with Gasteiger partial charge in [0.15, 0.2) is 0 Å². The van der Waals surface area contributed by atoms with E-state index in [2.05, 4.69) is 59.1 Å². The lowest BCUT2D eigenvalue weighted by atomic mass is 10.1. The van der Waals surface area contributed by atoms with Gasteiger partial charge in [-0.05, 0) is 81.3 Å². The molecule has 186 valence electrons. The summed E-state index contributed by atoms with van der Waals surface area (Å²) in [6, 6.07) is 15.0. The highest BCUT2D eigenvalue weighted by Gasteiger charge is 2.35. The molecule has 3 nitrogen and oxygen atoms in total. The monoisotopic (exact) mass is 469 g/mol. The summed E-state index contributed by atoms with van der Waals surface area (Å²) in [5.41, 5.74) is 4.64. The van der Waals surface area contributed by atoms with Crippen LogP contribution in [0.4, 0.5) is 8.78 Å². The van der Waals surface area contributed by atoms with Crippen LogP contribution >= 0.6 is 0 Å². The van der Waals surface area contributed by atoms with Crippen molar-refractivity contribution >= 4 is 10.9 Å². The van der Waals surface area contributed by atoms with Crippen LogP contribution in [0.3, 0.4) is 0 Å². The molecule has 1 N–H and O–H groups in total. The summed E-state index contributed by atoms with van der Waals surface area (Å²) in [7, 11) is 1.91. The number of aryl methyl sites for hydroxylation is 1. The van der Waals surface area contributed by atoms with E-state index < -0.39 is 0 Å². The Morgan fingerprint density at radius 3 is 2.44 bits per heavy atom. The molecule has 3 aromatic rings. The van der Waals surface area contributed by atoms with Crippen molar-refractivity contribution in [2.24, 2.45) is 5.92 Å². The van der Waals surface area contributed by atoms with Crippen LogP contribution in [0.25, 0.3) is 10.9 Å². The Bertz CT molecular complexity index is 944. The van der Waals surface area contributed by atoms with Gasteiger partial charge in [-0.1, -0.05) is 44.2 Å². The fraction of sp³-hybridized carbons (Fsp3) is 0.448. The predicted molar refractivity (Wildman–Crippen MR) is 142 cm³/mol. The van der Waals surface area contributed by atoms with E-state index in [1.807, 2.05) is 51.5 Å². The fourth-order valence-corrected chi connectivity index (χ4v) is 3.43. The van der Waals surface area contributed by atoms with Crippen LogP contribution in [0.5, 0.6) is 0 Å². The SMILES string of the molecule is C=CC1CC1c1ccc2cccnc2c1.CC.CCF.CNC(C)c1ccc(CCCF)cn1. The summed E-state index contributed by atoms with van der Waals surface area (Å²) in [6.07, 6.45) is 8.36. The van der Waals surface area contributed by atoms with Gasteiger partial charge in [-0.15, -0.1) is 6.58 Å². The third-order valence-corrected chi connectivity index (χ3v) is 5.52. The van der Waals surface area contributed by atoms with Crippen LogP contribution in [0.2, 0.25) is 0 Å². The number of fused-ring (bicyclic) bond motifs is 1. The van der Waals surface area contributed by atoms with Gasteiger partial charge in [-0.3, -0.25) is 18.7 Å². The highest BCUT2D eigenvalue weighted by molar-refractivity contribution is 5.79. The Morgan fingerprint density at radius 1 is 1.15 bits per heavy atom. The van der Waals surface area contributed by atoms with Gasteiger partial charge in [-0.25, -0.2) is 0 Å². The van der Waals surface area contributed by atoms with Crippen molar-refractivity contribution in [1.29, 1.82) is 0 Å². The highest BCUT2D eigenvalue weighted by Crippen LogP contribution is 2.48. The van der Waals surface area contributed by atoms with E-state index in [0.29, 0.717) is 18.3 Å². The van der Waals surface area contributed by atoms with Crippen molar-refractivity contribution in [3.63, 3.8) is 0 Å². The molecule has 0 saturated heterocycles. The number of hydrogen-bond acceptors (Lipinski definition) is 3. The second kappa shape index (κ2) is 16.9. The average Bonchev–Trinajstić information content (AvgIpc) is 3.69. The zero-order chi connectivity index (χ0) is 25.3. The molecule has 3 unspecified atom stereocenters. The van der Waals surface area contributed by atoms with Crippen molar-refractivity contribution in [3.05, 3.63) is 84.3 Å². The van der Waals surface area contributed by atoms with Gasteiger partial charge >= 0.3 is 0 Å². The minimum atomic E-state index is -0.255. The van der Waals surface area contributed by atoms with E-state index >= 15 is 0 Å². The van der Waals surface area contributed by atoms with Crippen LogP contribution in [-0.2, 0) is 6.42 Å². The van der Waals surface area contributed by atoms with Crippen LogP contribution in [0, 0.1) is 5.92 Å². The summed E-state index contributed by atoms with van der Waals surface area (Å²) < 4.78 is 22.2. The molecule has 4 rings (SSSR count). The first kappa shape index (κ1) is 29.4. The van der Waals surface area contributed by atoms with Crippen molar-refractivity contribution in [2.75, 3.05) is 20.4 Å². The summed E-state index contributed by atoms with van der Waals surface area (Å²) in [5, 5.41) is 4.34. The molecule has 34 heavy (non-hydrogen) atoms. The number of aromatic nitrogens is 2. The Morgan fingerprint density at radius 2 is 1.88 bits per heavy atom. The highest BCUT2D eigenvalue weighted by atomic mass is 19.1. The van der Waals surface area contributed by atoms with Crippen LogP contribution < -0.4 is 5.32 Å². The zero-order valence-corrected chi connectivity index (χ0v) is 21.4. The van der Waals surface area contributed by atoms with Gasteiger partial charge < -0.3 is 5.32 Å². The molecular formula is C29H41F2N3. The lowest BCUT2D eigenvalue weighted by Crippen LogP contribution is -2.13. The molecule has 0 radical (unpaired) electrons. The quantitative estimate of drug-likeness (QED) is 0.359. The fourth-order valence-electron chi connectivity index (χ4n) is 3.43. The molecular weight excluding hydrogens is 428 g/mol. The number of pyridine rings is 2. The minimum absolute atomic E-state index is 0.250. The molecule has 5 heteroatoms. The van der Waals surface area contributed by atoms with Gasteiger partial charge in [0, 0.05) is 23.8 Å². The van der Waals surface area contributed by atoms with Crippen molar-refractivity contribution in [1.82, 2.24) is 15.3 Å². The predicted octanol–water partition coefficient (Wildman–Crippen LogP) is 7.79. The normalized spacial score (nSPS) is 16.6. The van der Waals surface area contributed by atoms with E-state index in [1.54, 1.807) is 0 Å². The Labute approximate surface area is 204 Å². The molecule has 2 heterocycles. The molecule has 0 aliphatic heterocycles. The van der Waals surface area contributed by atoms with Crippen LogP contribution in [0.15, 0.2) is 67.5 Å². The van der Waals surface area contributed by atoms with Gasteiger partial charge in [0.1, 0.15) is 0 Å². The number of hydrogen-bond donors (Lipinski definition) is 1. The van der Waals surface area contributed by atoms with Gasteiger partial charge in [0.05, 0.1) is 24.6 Å². The van der Waals surface area contributed by atoms with Crippen molar-refractivity contribution in [3.8, 4) is 0 Å². The molecule has 3 atom stereocenters. The average molecular weight is 470 g/mol. The Kier molecular flexibility index (Phi) is 14.6. The molecule has 1 aromatic carbocycles. The molecule has 1 saturated carbocycles. The molecule has 0 amide bonds. The Hall–Kier alpha value is -2.66. The number of nitrogens with one attached hydrogen (secondary N) is 1. The van der Waals surface area contributed by atoms with Crippen molar-refractivity contribution < 1.29 is 8.78 Å². The molecule has 1 fully saturated rings. The smallest absolute Gasteiger partial charge is 0.0897 e. The first-order valence-corrected chi connectivity index (χ1v) is 12.3. The molecule has 0 bridgehead atoms. The number of halogens is 2. The summed E-state index contributed by atoms with van der Waals surface area (Å²) in [4.78, 5) is 8.69. The standard InChI is InChI=1S/C14H13N.C11H17FN2.C2H5F.C2H6/c1-2-10-8-13(10)12-6-5-11-4-3-7-15-14(11)9-12;1-9(13-2)11-6-5-10(8-14-11)4-3-7-12;1-2-3;1-2/h2-7,9-10,13H,1,8H2;5-6,8-9,13H,3-4,7H2,1-2H3;2H2,1H3;1-2H3. The maximum atomic E-state index is 11.9. The number of alkyl halides is 2. The molecule has 2 aromatic heterocycles.